The number of fused-ring (bicyclic) bond motifs is 1. The zero-order valence-electron chi connectivity index (χ0n) is 15.0. The Kier molecular flexibility index (Phi) is 4.79. The summed E-state index contributed by atoms with van der Waals surface area (Å²) in [5.41, 5.74) is 2.76. The van der Waals surface area contributed by atoms with Crippen LogP contribution >= 0.6 is 0 Å². The maximum absolute atomic E-state index is 5.98. The highest BCUT2D eigenvalue weighted by Crippen LogP contribution is 2.32. The lowest BCUT2D eigenvalue weighted by atomic mass is 10.1. The second-order valence-corrected chi connectivity index (χ2v) is 7.92. The summed E-state index contributed by atoms with van der Waals surface area (Å²) in [6.07, 6.45) is 3.48. The first kappa shape index (κ1) is 16.4. The lowest BCUT2D eigenvalue weighted by molar-refractivity contribution is -0.0704. The first-order chi connectivity index (χ1) is 11.7. The maximum Gasteiger partial charge on any atom is 0.123 e. The molecule has 2 fully saturated rings. The van der Waals surface area contributed by atoms with Gasteiger partial charge in [-0.05, 0) is 50.3 Å². The van der Waals surface area contributed by atoms with Crippen LogP contribution in [0.4, 0.5) is 0 Å². The van der Waals surface area contributed by atoms with Gasteiger partial charge in [-0.2, -0.15) is 0 Å². The summed E-state index contributed by atoms with van der Waals surface area (Å²) in [6.45, 7) is 11.5. The van der Waals surface area contributed by atoms with Crippen LogP contribution in [0.2, 0.25) is 0 Å². The van der Waals surface area contributed by atoms with E-state index < -0.39 is 0 Å². The van der Waals surface area contributed by atoms with E-state index >= 15 is 0 Å². The van der Waals surface area contributed by atoms with Crippen molar-refractivity contribution in [1.82, 2.24) is 9.80 Å². The summed E-state index contributed by atoms with van der Waals surface area (Å²) in [4.78, 5) is 5.09. The van der Waals surface area contributed by atoms with E-state index in [1.54, 1.807) is 0 Å². The molecule has 0 N–H and O–H groups in total. The molecule has 1 saturated carbocycles. The molecule has 24 heavy (non-hydrogen) atoms. The molecule has 1 aromatic rings. The number of nitrogens with zero attached hydrogens (tertiary/aromatic N) is 2. The van der Waals surface area contributed by atoms with Gasteiger partial charge in [0.05, 0.1) is 12.2 Å². The number of hydrogen-bond donors (Lipinski definition) is 0. The molecule has 2 aliphatic heterocycles. The standard InChI is InChI=1S/C20H30N2O2/c1-15-10-22(11-16(2)24-15)13-18-5-6-20-19(9-18)14-21(7-8-23-20)12-17-3-4-17/h5-6,9,15-17H,3-4,7-8,10-14H2,1-2H3/t15-,16+. The molecule has 4 nitrogen and oxygen atoms in total. The fourth-order valence-corrected chi connectivity index (χ4v) is 4.09. The molecule has 0 amide bonds. The summed E-state index contributed by atoms with van der Waals surface area (Å²) < 4.78 is 11.8. The number of hydrogen-bond acceptors (Lipinski definition) is 4. The van der Waals surface area contributed by atoms with Gasteiger partial charge in [0.1, 0.15) is 12.4 Å². The van der Waals surface area contributed by atoms with Crippen molar-refractivity contribution in [2.45, 2.75) is 52.0 Å². The fourth-order valence-electron chi connectivity index (χ4n) is 4.09. The molecule has 2 atom stereocenters. The van der Waals surface area contributed by atoms with Gasteiger partial charge in [0.25, 0.3) is 0 Å². The number of rotatable bonds is 4. The maximum atomic E-state index is 5.98. The van der Waals surface area contributed by atoms with Crippen molar-refractivity contribution in [2.75, 3.05) is 32.8 Å². The molecule has 3 aliphatic rings. The van der Waals surface area contributed by atoms with Crippen molar-refractivity contribution in [1.29, 1.82) is 0 Å². The third-order valence-corrected chi connectivity index (χ3v) is 5.30. The van der Waals surface area contributed by atoms with Crippen LogP contribution in [-0.4, -0.2) is 54.8 Å². The summed E-state index contributed by atoms with van der Waals surface area (Å²) in [5.74, 6) is 2.02. The van der Waals surface area contributed by atoms with E-state index in [0.717, 1.165) is 51.0 Å². The SMILES string of the molecule is C[C@@H]1CN(Cc2ccc3c(c2)CN(CC2CC2)CCO3)C[C@H](C)O1. The monoisotopic (exact) mass is 330 g/mol. The zero-order valence-corrected chi connectivity index (χ0v) is 15.0. The molecule has 132 valence electrons. The highest BCUT2D eigenvalue weighted by atomic mass is 16.5. The van der Waals surface area contributed by atoms with Gasteiger partial charge in [0.2, 0.25) is 0 Å². The average Bonchev–Trinajstić information content (AvgIpc) is 3.33. The Bertz CT molecular complexity index is 563. The first-order valence-electron chi connectivity index (χ1n) is 9.50. The molecular formula is C20H30N2O2. The van der Waals surface area contributed by atoms with Crippen molar-refractivity contribution < 1.29 is 9.47 Å². The number of morpholine rings is 1. The van der Waals surface area contributed by atoms with Gasteiger partial charge in [-0.3, -0.25) is 9.80 Å². The molecule has 1 aromatic carbocycles. The third-order valence-electron chi connectivity index (χ3n) is 5.30. The topological polar surface area (TPSA) is 24.9 Å². The van der Waals surface area contributed by atoms with Crippen LogP contribution in [0.1, 0.15) is 37.8 Å². The lowest BCUT2D eigenvalue weighted by Gasteiger charge is -2.35. The third kappa shape index (κ3) is 4.11. The molecule has 1 saturated heterocycles. The van der Waals surface area contributed by atoms with Crippen LogP contribution in [0.3, 0.4) is 0 Å². The Morgan fingerprint density at radius 2 is 1.88 bits per heavy atom. The normalized spacial score (nSPS) is 28.9. The minimum atomic E-state index is 0.326. The Morgan fingerprint density at radius 3 is 2.62 bits per heavy atom. The van der Waals surface area contributed by atoms with Gasteiger partial charge in [0, 0.05) is 44.8 Å². The summed E-state index contributed by atoms with van der Waals surface area (Å²) in [7, 11) is 0. The molecule has 2 heterocycles. The summed E-state index contributed by atoms with van der Waals surface area (Å²) in [6, 6.07) is 6.78. The van der Waals surface area contributed by atoms with Crippen molar-refractivity contribution in [3.63, 3.8) is 0 Å². The van der Waals surface area contributed by atoms with Crippen molar-refractivity contribution in [3.8, 4) is 5.75 Å². The molecule has 0 aromatic heterocycles. The van der Waals surface area contributed by atoms with Crippen LogP contribution in [0.25, 0.3) is 0 Å². The van der Waals surface area contributed by atoms with E-state index in [-0.39, 0.29) is 0 Å². The quantitative estimate of drug-likeness (QED) is 0.847. The van der Waals surface area contributed by atoms with Crippen LogP contribution in [0.15, 0.2) is 18.2 Å². The van der Waals surface area contributed by atoms with Crippen LogP contribution < -0.4 is 4.74 Å². The summed E-state index contributed by atoms with van der Waals surface area (Å²) in [5, 5.41) is 0. The van der Waals surface area contributed by atoms with Gasteiger partial charge in [0.15, 0.2) is 0 Å². The van der Waals surface area contributed by atoms with Crippen LogP contribution in [0, 0.1) is 5.92 Å². The van der Waals surface area contributed by atoms with Crippen molar-refractivity contribution in [3.05, 3.63) is 29.3 Å². The largest absolute Gasteiger partial charge is 0.492 e. The van der Waals surface area contributed by atoms with E-state index in [0.29, 0.717) is 12.2 Å². The van der Waals surface area contributed by atoms with Crippen LogP contribution in [0.5, 0.6) is 5.75 Å². The number of benzene rings is 1. The highest BCUT2D eigenvalue weighted by molar-refractivity contribution is 5.38. The summed E-state index contributed by atoms with van der Waals surface area (Å²) >= 11 is 0. The van der Waals surface area contributed by atoms with Gasteiger partial charge >= 0.3 is 0 Å². The van der Waals surface area contributed by atoms with Crippen molar-refractivity contribution in [2.24, 2.45) is 5.92 Å². The van der Waals surface area contributed by atoms with E-state index in [2.05, 4.69) is 41.8 Å². The Morgan fingerprint density at radius 1 is 1.08 bits per heavy atom. The van der Waals surface area contributed by atoms with Gasteiger partial charge < -0.3 is 9.47 Å². The Balaban J connectivity index is 1.44. The predicted octanol–water partition coefficient (Wildman–Crippen LogP) is 2.90. The molecule has 4 heteroatoms. The Hall–Kier alpha value is -1.10. The first-order valence-corrected chi connectivity index (χ1v) is 9.50. The Labute approximate surface area is 145 Å². The molecule has 1 aliphatic carbocycles. The minimum absolute atomic E-state index is 0.326. The zero-order chi connectivity index (χ0) is 16.5. The predicted molar refractivity (Wildman–Crippen MR) is 95.2 cm³/mol. The molecule has 0 radical (unpaired) electrons. The fraction of sp³-hybridized carbons (Fsp3) is 0.700. The van der Waals surface area contributed by atoms with Gasteiger partial charge in [-0.25, -0.2) is 0 Å². The molecule has 0 bridgehead atoms. The van der Waals surface area contributed by atoms with Crippen molar-refractivity contribution >= 4 is 0 Å². The van der Waals surface area contributed by atoms with E-state index in [9.17, 15) is 0 Å². The van der Waals surface area contributed by atoms with Gasteiger partial charge in [-0.15, -0.1) is 0 Å². The second kappa shape index (κ2) is 7.03. The average molecular weight is 330 g/mol. The molecule has 0 spiro atoms. The second-order valence-electron chi connectivity index (χ2n) is 7.92. The molecule has 0 unspecified atom stereocenters. The highest BCUT2D eigenvalue weighted by Gasteiger charge is 2.26. The lowest BCUT2D eigenvalue weighted by Crippen LogP contribution is -2.44. The molecule has 4 rings (SSSR count). The smallest absolute Gasteiger partial charge is 0.123 e. The number of ether oxygens (including phenoxy) is 2. The van der Waals surface area contributed by atoms with Gasteiger partial charge in [-0.1, -0.05) is 6.07 Å². The van der Waals surface area contributed by atoms with E-state index in [4.69, 9.17) is 9.47 Å². The molecular weight excluding hydrogens is 300 g/mol. The van der Waals surface area contributed by atoms with Crippen LogP contribution in [-0.2, 0) is 17.8 Å². The van der Waals surface area contributed by atoms with E-state index in [1.807, 2.05) is 0 Å². The van der Waals surface area contributed by atoms with E-state index in [1.165, 1.54) is 30.5 Å². The minimum Gasteiger partial charge on any atom is -0.492 e.